The maximum atomic E-state index is 13.1. The van der Waals surface area contributed by atoms with E-state index in [-0.39, 0.29) is 28.8 Å². The minimum atomic E-state index is -0.537. The number of allylic oxidation sites excluding steroid dienone is 2. The molecule has 1 heterocycles. The van der Waals surface area contributed by atoms with Gasteiger partial charge >= 0.3 is 0 Å². The summed E-state index contributed by atoms with van der Waals surface area (Å²) in [5.74, 6) is 0.663. The van der Waals surface area contributed by atoms with Crippen LogP contribution in [0.5, 0.6) is 5.75 Å². The number of amides is 1. The predicted molar refractivity (Wildman–Crippen MR) is 112 cm³/mol. The summed E-state index contributed by atoms with van der Waals surface area (Å²) in [4.78, 5) is 27.1. The third-order valence-corrected chi connectivity index (χ3v) is 6.04. The van der Waals surface area contributed by atoms with Crippen LogP contribution in [0.2, 0.25) is 0 Å². The van der Waals surface area contributed by atoms with Crippen LogP contribution in [0.15, 0.2) is 29.8 Å². The third kappa shape index (κ3) is 4.37. The lowest BCUT2D eigenvalue weighted by Crippen LogP contribution is -2.36. The topological polar surface area (TPSA) is 70.4 Å². The van der Waals surface area contributed by atoms with Crippen molar-refractivity contribution in [2.24, 2.45) is 11.3 Å². The zero-order chi connectivity index (χ0) is 21.4. The van der Waals surface area contributed by atoms with Gasteiger partial charge in [-0.1, -0.05) is 32.1 Å². The Morgan fingerprint density at radius 1 is 1.31 bits per heavy atom. The molecule has 1 aromatic carbocycles. The van der Waals surface area contributed by atoms with Crippen molar-refractivity contribution in [1.29, 1.82) is 5.26 Å². The molecule has 0 aromatic heterocycles. The van der Waals surface area contributed by atoms with E-state index in [9.17, 15) is 14.9 Å². The summed E-state index contributed by atoms with van der Waals surface area (Å²) in [5.41, 5.74) is 1.11. The number of aryl methyl sites for hydroxylation is 1. The Morgan fingerprint density at radius 2 is 2.03 bits per heavy atom. The van der Waals surface area contributed by atoms with E-state index in [1.165, 1.54) is 0 Å². The average molecular weight is 395 g/mol. The highest BCUT2D eigenvalue weighted by Gasteiger charge is 2.37. The van der Waals surface area contributed by atoms with Gasteiger partial charge in [-0.2, -0.15) is 5.26 Å². The lowest BCUT2D eigenvalue weighted by molar-refractivity contribution is -0.124. The maximum absolute atomic E-state index is 13.1. The molecule has 0 saturated heterocycles. The summed E-state index contributed by atoms with van der Waals surface area (Å²) >= 11 is 0. The monoisotopic (exact) mass is 394 g/mol. The fraction of sp³-hybridized carbons (Fsp3) is 0.542. The number of carbonyl (C=O) groups is 2. The van der Waals surface area contributed by atoms with Crippen LogP contribution in [0, 0.1) is 22.7 Å². The number of ketones is 1. The van der Waals surface area contributed by atoms with Gasteiger partial charge in [0, 0.05) is 19.0 Å². The van der Waals surface area contributed by atoms with E-state index in [4.69, 9.17) is 4.74 Å². The second-order valence-electron chi connectivity index (χ2n) is 9.54. The molecule has 29 heavy (non-hydrogen) atoms. The van der Waals surface area contributed by atoms with Crippen LogP contribution < -0.4 is 4.74 Å². The molecule has 0 fully saturated rings. The van der Waals surface area contributed by atoms with Crippen LogP contribution in [-0.2, 0) is 11.2 Å². The molecule has 0 unspecified atom stereocenters. The smallest absolute Gasteiger partial charge is 0.257 e. The van der Waals surface area contributed by atoms with Crippen LogP contribution in [0.4, 0.5) is 0 Å². The standard InChI is InChI=1S/C24H30N2O3/c1-23(2)14-16(13-18(15-25)21(23)27)10-12-26(5)22(28)19-8-6-7-17-9-11-24(3,4)29-20(17)19/h6-8,13,16H,9-12,14H2,1-5H3/t16-/m0/s1. The lowest BCUT2D eigenvalue weighted by Gasteiger charge is -2.34. The minimum absolute atomic E-state index is 0.0600. The zero-order valence-corrected chi connectivity index (χ0v) is 18.0. The highest BCUT2D eigenvalue weighted by Crippen LogP contribution is 2.38. The number of fused-ring (bicyclic) bond motifs is 1. The third-order valence-electron chi connectivity index (χ3n) is 6.04. The van der Waals surface area contributed by atoms with Crippen LogP contribution in [0.3, 0.4) is 0 Å². The molecule has 0 N–H and O–H groups in total. The zero-order valence-electron chi connectivity index (χ0n) is 18.0. The van der Waals surface area contributed by atoms with E-state index in [0.29, 0.717) is 30.7 Å². The van der Waals surface area contributed by atoms with Crippen molar-refractivity contribution < 1.29 is 14.3 Å². The quantitative estimate of drug-likeness (QED) is 0.763. The largest absolute Gasteiger partial charge is 0.487 e. The molecule has 5 nitrogen and oxygen atoms in total. The Bertz CT molecular complexity index is 905. The number of carbonyl (C=O) groups excluding carboxylic acids is 2. The highest BCUT2D eigenvalue weighted by atomic mass is 16.5. The molecule has 2 aliphatic rings. The molecule has 0 bridgehead atoms. The average Bonchev–Trinajstić information content (AvgIpc) is 2.66. The SMILES string of the molecule is CN(CC[C@H]1C=C(C#N)C(=O)C(C)(C)C1)C(=O)c1cccc2c1OC(C)(C)CC2. The molecule has 1 aromatic rings. The molecule has 1 atom stereocenters. The van der Waals surface area contributed by atoms with Crippen molar-refractivity contribution in [2.75, 3.05) is 13.6 Å². The maximum Gasteiger partial charge on any atom is 0.257 e. The highest BCUT2D eigenvalue weighted by molar-refractivity contribution is 6.03. The van der Waals surface area contributed by atoms with Crippen LogP contribution in [-0.4, -0.2) is 35.8 Å². The second kappa shape index (κ2) is 7.67. The number of rotatable bonds is 4. The van der Waals surface area contributed by atoms with Gasteiger partial charge in [0.15, 0.2) is 5.78 Å². The summed E-state index contributed by atoms with van der Waals surface area (Å²) in [6.45, 7) is 8.42. The Hall–Kier alpha value is -2.61. The van der Waals surface area contributed by atoms with Gasteiger partial charge in [-0.05, 0) is 57.1 Å². The number of nitrogens with zero attached hydrogens (tertiary/aromatic N) is 2. The number of Topliss-reactive ketones (excluding diaryl/α,β-unsaturated/α-hetero) is 1. The van der Waals surface area contributed by atoms with Gasteiger partial charge in [0.2, 0.25) is 0 Å². The van der Waals surface area contributed by atoms with E-state index < -0.39 is 5.41 Å². The molecule has 0 saturated carbocycles. The first kappa shape index (κ1) is 21.1. The summed E-state index contributed by atoms with van der Waals surface area (Å²) in [5, 5.41) is 9.26. The molecule has 0 spiro atoms. The van der Waals surface area contributed by atoms with Crippen molar-refractivity contribution in [3.05, 3.63) is 41.0 Å². The van der Waals surface area contributed by atoms with Gasteiger partial charge in [0.1, 0.15) is 17.4 Å². The van der Waals surface area contributed by atoms with Crippen LogP contribution >= 0.6 is 0 Å². The molecule has 5 heteroatoms. The summed E-state index contributed by atoms with van der Waals surface area (Å²) in [7, 11) is 1.80. The normalized spacial score (nSPS) is 22.0. The Labute approximate surface area is 173 Å². The first-order valence-electron chi connectivity index (χ1n) is 10.3. The lowest BCUT2D eigenvalue weighted by atomic mass is 9.71. The molecule has 1 aliphatic heterocycles. The number of para-hydroxylation sites is 1. The minimum Gasteiger partial charge on any atom is -0.487 e. The number of hydrogen-bond donors (Lipinski definition) is 0. The van der Waals surface area contributed by atoms with E-state index in [0.717, 1.165) is 18.4 Å². The van der Waals surface area contributed by atoms with E-state index in [1.54, 1.807) is 18.0 Å². The number of ether oxygens (including phenoxy) is 1. The van der Waals surface area contributed by atoms with Crippen molar-refractivity contribution in [3.8, 4) is 11.8 Å². The van der Waals surface area contributed by atoms with E-state index in [1.807, 2.05) is 52.0 Å². The summed E-state index contributed by atoms with van der Waals surface area (Å²) < 4.78 is 6.15. The van der Waals surface area contributed by atoms with E-state index >= 15 is 0 Å². The number of nitriles is 1. The van der Waals surface area contributed by atoms with Crippen molar-refractivity contribution >= 4 is 11.7 Å². The Kier molecular flexibility index (Phi) is 5.58. The molecule has 0 radical (unpaired) electrons. The first-order chi connectivity index (χ1) is 13.5. The predicted octanol–water partition coefficient (Wildman–Crippen LogP) is 4.32. The molecule has 1 amide bonds. The van der Waals surface area contributed by atoms with Gasteiger partial charge in [0.25, 0.3) is 5.91 Å². The number of benzene rings is 1. The fourth-order valence-corrected chi connectivity index (χ4v) is 4.26. The van der Waals surface area contributed by atoms with Crippen molar-refractivity contribution in [3.63, 3.8) is 0 Å². The summed E-state index contributed by atoms with van der Waals surface area (Å²) in [6.07, 6.45) is 5.02. The number of hydrogen-bond acceptors (Lipinski definition) is 4. The Balaban J connectivity index is 1.72. The van der Waals surface area contributed by atoms with E-state index in [2.05, 4.69) is 0 Å². The molecule has 1 aliphatic carbocycles. The van der Waals surface area contributed by atoms with Crippen LogP contribution in [0.25, 0.3) is 0 Å². The van der Waals surface area contributed by atoms with Crippen molar-refractivity contribution in [2.45, 2.75) is 59.0 Å². The van der Waals surface area contributed by atoms with Crippen LogP contribution in [0.1, 0.15) is 62.9 Å². The van der Waals surface area contributed by atoms with Gasteiger partial charge in [0.05, 0.1) is 11.1 Å². The van der Waals surface area contributed by atoms with Gasteiger partial charge in [-0.25, -0.2) is 0 Å². The molecular formula is C24H30N2O3. The first-order valence-corrected chi connectivity index (χ1v) is 10.3. The van der Waals surface area contributed by atoms with Gasteiger partial charge < -0.3 is 9.64 Å². The Morgan fingerprint density at radius 3 is 2.72 bits per heavy atom. The molecule has 154 valence electrons. The molecular weight excluding hydrogens is 364 g/mol. The van der Waals surface area contributed by atoms with Gasteiger partial charge in [-0.15, -0.1) is 0 Å². The van der Waals surface area contributed by atoms with Gasteiger partial charge in [-0.3, -0.25) is 9.59 Å². The molecule has 3 rings (SSSR count). The van der Waals surface area contributed by atoms with Crippen molar-refractivity contribution in [1.82, 2.24) is 4.90 Å². The fourth-order valence-electron chi connectivity index (χ4n) is 4.26. The summed E-state index contributed by atoms with van der Waals surface area (Å²) in [6, 6.07) is 7.80. The second-order valence-corrected chi connectivity index (χ2v) is 9.54.